The molecular weight excluding hydrogens is 223 g/mol. The Kier molecular flexibility index (Phi) is 2.83. The molecular formula is C12H13FN2O2. The molecule has 0 aliphatic carbocycles. The van der Waals surface area contributed by atoms with Gasteiger partial charge in [0, 0.05) is 7.05 Å². The molecule has 1 aliphatic rings. The lowest BCUT2D eigenvalue weighted by Gasteiger charge is -2.15. The second kappa shape index (κ2) is 4.16. The summed E-state index contributed by atoms with van der Waals surface area (Å²) in [4.78, 5) is 25.7. The van der Waals surface area contributed by atoms with Crippen molar-refractivity contribution in [1.29, 1.82) is 0 Å². The van der Waals surface area contributed by atoms with Crippen molar-refractivity contribution in [3.8, 4) is 0 Å². The van der Waals surface area contributed by atoms with E-state index in [1.807, 2.05) is 0 Å². The van der Waals surface area contributed by atoms with Crippen molar-refractivity contribution in [2.24, 2.45) is 0 Å². The van der Waals surface area contributed by atoms with Crippen LogP contribution in [0.15, 0.2) is 18.2 Å². The van der Waals surface area contributed by atoms with E-state index in [2.05, 4.69) is 0 Å². The molecule has 1 aliphatic heterocycles. The van der Waals surface area contributed by atoms with Crippen LogP contribution in [-0.4, -0.2) is 35.3 Å². The summed E-state index contributed by atoms with van der Waals surface area (Å²) < 4.78 is 13.3. The topological polar surface area (TPSA) is 40.6 Å². The van der Waals surface area contributed by atoms with Crippen molar-refractivity contribution in [3.05, 3.63) is 35.1 Å². The first-order chi connectivity index (χ1) is 8.00. The number of amides is 3. The van der Waals surface area contributed by atoms with Crippen molar-refractivity contribution in [2.75, 3.05) is 13.6 Å². The summed E-state index contributed by atoms with van der Waals surface area (Å²) in [5, 5.41) is 0. The number of halogens is 1. The van der Waals surface area contributed by atoms with Gasteiger partial charge in [-0.1, -0.05) is 12.1 Å². The zero-order chi connectivity index (χ0) is 12.6. The summed E-state index contributed by atoms with van der Waals surface area (Å²) in [6, 6.07) is 4.32. The van der Waals surface area contributed by atoms with Gasteiger partial charge in [0.1, 0.15) is 12.4 Å². The number of imide groups is 1. The lowest BCUT2D eigenvalue weighted by atomic mass is 10.1. The molecule has 0 saturated carbocycles. The first-order valence-corrected chi connectivity index (χ1v) is 5.30. The van der Waals surface area contributed by atoms with Crippen LogP contribution in [0.25, 0.3) is 0 Å². The molecule has 0 radical (unpaired) electrons. The van der Waals surface area contributed by atoms with E-state index < -0.39 is 0 Å². The Hall–Kier alpha value is -1.91. The highest BCUT2D eigenvalue weighted by Crippen LogP contribution is 2.17. The van der Waals surface area contributed by atoms with Crippen LogP contribution in [0.2, 0.25) is 0 Å². The van der Waals surface area contributed by atoms with Crippen molar-refractivity contribution in [1.82, 2.24) is 9.80 Å². The van der Waals surface area contributed by atoms with Gasteiger partial charge in [-0.2, -0.15) is 0 Å². The zero-order valence-corrected chi connectivity index (χ0v) is 9.74. The number of carbonyl (C=O) groups excluding carboxylic acids is 2. The van der Waals surface area contributed by atoms with E-state index in [1.165, 1.54) is 11.0 Å². The van der Waals surface area contributed by atoms with Gasteiger partial charge in [-0.15, -0.1) is 0 Å². The van der Waals surface area contributed by atoms with Gasteiger partial charge in [0.15, 0.2) is 0 Å². The molecule has 0 N–H and O–H groups in total. The predicted octanol–water partition coefficient (Wildman–Crippen LogP) is 1.53. The van der Waals surface area contributed by atoms with Crippen LogP contribution in [0.1, 0.15) is 11.1 Å². The summed E-state index contributed by atoms with van der Waals surface area (Å²) in [5.41, 5.74) is 1.13. The van der Waals surface area contributed by atoms with Gasteiger partial charge in [0.05, 0.1) is 6.54 Å². The molecule has 0 bridgehead atoms. The van der Waals surface area contributed by atoms with Crippen LogP contribution >= 0.6 is 0 Å². The third-order valence-electron chi connectivity index (χ3n) is 2.94. The largest absolute Gasteiger partial charge is 0.327 e. The average molecular weight is 236 g/mol. The number of carbonyl (C=O) groups is 2. The number of rotatable bonds is 2. The third kappa shape index (κ3) is 2.00. The number of likely N-dealkylation sites (N-methyl/N-ethyl adjacent to an activating group) is 1. The maximum Gasteiger partial charge on any atom is 0.327 e. The molecule has 5 heteroatoms. The Morgan fingerprint density at radius 2 is 2.06 bits per heavy atom. The van der Waals surface area contributed by atoms with Crippen LogP contribution < -0.4 is 0 Å². The molecule has 0 spiro atoms. The summed E-state index contributed by atoms with van der Waals surface area (Å²) >= 11 is 0. The first kappa shape index (κ1) is 11.6. The Morgan fingerprint density at radius 1 is 1.35 bits per heavy atom. The SMILES string of the molecule is Cc1c(F)cccc1CN1C(=O)CN(C)C1=O. The Labute approximate surface area is 98.6 Å². The van der Waals surface area contributed by atoms with Gasteiger partial charge >= 0.3 is 6.03 Å². The standard InChI is InChI=1S/C12H13FN2O2/c1-8-9(4-3-5-10(8)13)6-15-11(16)7-14(2)12(15)17/h3-5H,6-7H2,1-2H3. The van der Waals surface area contributed by atoms with Crippen LogP contribution in [0, 0.1) is 12.7 Å². The lowest BCUT2D eigenvalue weighted by Crippen LogP contribution is -2.31. The van der Waals surface area contributed by atoms with E-state index in [0.29, 0.717) is 11.1 Å². The fourth-order valence-electron chi connectivity index (χ4n) is 1.82. The molecule has 90 valence electrons. The molecule has 17 heavy (non-hydrogen) atoms. The van der Waals surface area contributed by atoms with Crippen LogP contribution in [-0.2, 0) is 11.3 Å². The minimum Gasteiger partial charge on any atom is -0.318 e. The van der Waals surface area contributed by atoms with Gasteiger partial charge in [-0.3, -0.25) is 9.69 Å². The lowest BCUT2D eigenvalue weighted by molar-refractivity contribution is -0.125. The summed E-state index contributed by atoms with van der Waals surface area (Å²) in [7, 11) is 1.57. The van der Waals surface area contributed by atoms with Crippen LogP contribution in [0.3, 0.4) is 0 Å². The van der Waals surface area contributed by atoms with Gasteiger partial charge in [-0.25, -0.2) is 9.18 Å². The number of nitrogens with zero attached hydrogens (tertiary/aromatic N) is 2. The summed E-state index contributed by atoms with van der Waals surface area (Å²) in [5.74, 6) is -0.573. The van der Waals surface area contributed by atoms with Crippen molar-refractivity contribution >= 4 is 11.9 Å². The van der Waals surface area contributed by atoms with E-state index in [4.69, 9.17) is 0 Å². The van der Waals surface area contributed by atoms with E-state index in [1.54, 1.807) is 26.1 Å². The van der Waals surface area contributed by atoms with E-state index in [0.717, 1.165) is 4.90 Å². The van der Waals surface area contributed by atoms with Crippen molar-refractivity contribution in [3.63, 3.8) is 0 Å². The van der Waals surface area contributed by atoms with Gasteiger partial charge in [0.25, 0.3) is 5.91 Å². The average Bonchev–Trinajstić information content (AvgIpc) is 2.51. The molecule has 1 aromatic rings. The normalized spacial score (nSPS) is 15.9. The zero-order valence-electron chi connectivity index (χ0n) is 9.74. The number of hydrogen-bond donors (Lipinski definition) is 0. The Balaban J connectivity index is 2.24. The Bertz CT molecular complexity index is 487. The molecule has 1 saturated heterocycles. The third-order valence-corrected chi connectivity index (χ3v) is 2.94. The number of hydrogen-bond acceptors (Lipinski definition) is 2. The molecule has 0 unspecified atom stereocenters. The van der Waals surface area contributed by atoms with E-state index in [-0.39, 0.29) is 30.8 Å². The second-order valence-electron chi connectivity index (χ2n) is 4.14. The molecule has 1 fully saturated rings. The highest BCUT2D eigenvalue weighted by atomic mass is 19.1. The fraction of sp³-hybridized carbons (Fsp3) is 0.333. The van der Waals surface area contributed by atoms with Gasteiger partial charge in [-0.05, 0) is 24.1 Å². The molecule has 1 aromatic carbocycles. The smallest absolute Gasteiger partial charge is 0.318 e. The predicted molar refractivity (Wildman–Crippen MR) is 59.7 cm³/mol. The molecule has 0 aromatic heterocycles. The molecule has 1 heterocycles. The first-order valence-electron chi connectivity index (χ1n) is 5.30. The Morgan fingerprint density at radius 3 is 2.65 bits per heavy atom. The number of urea groups is 1. The van der Waals surface area contributed by atoms with Gasteiger partial charge in [0.2, 0.25) is 0 Å². The number of benzene rings is 1. The maximum absolute atomic E-state index is 13.3. The highest BCUT2D eigenvalue weighted by Gasteiger charge is 2.33. The minimum absolute atomic E-state index is 0.0905. The van der Waals surface area contributed by atoms with Gasteiger partial charge < -0.3 is 4.90 Å². The van der Waals surface area contributed by atoms with E-state index in [9.17, 15) is 14.0 Å². The van der Waals surface area contributed by atoms with Crippen molar-refractivity contribution < 1.29 is 14.0 Å². The highest BCUT2D eigenvalue weighted by molar-refractivity contribution is 6.01. The van der Waals surface area contributed by atoms with Crippen LogP contribution in [0.4, 0.5) is 9.18 Å². The molecule has 0 atom stereocenters. The van der Waals surface area contributed by atoms with E-state index >= 15 is 0 Å². The second-order valence-corrected chi connectivity index (χ2v) is 4.14. The summed E-state index contributed by atoms with van der Waals surface area (Å²) in [6.07, 6.45) is 0. The minimum atomic E-state index is -0.335. The monoisotopic (exact) mass is 236 g/mol. The van der Waals surface area contributed by atoms with Crippen molar-refractivity contribution in [2.45, 2.75) is 13.5 Å². The maximum atomic E-state index is 13.3. The molecule has 3 amide bonds. The molecule has 4 nitrogen and oxygen atoms in total. The fourth-order valence-corrected chi connectivity index (χ4v) is 1.82. The molecule has 2 rings (SSSR count). The quantitative estimate of drug-likeness (QED) is 0.730. The summed E-state index contributed by atoms with van der Waals surface area (Å²) in [6.45, 7) is 1.86. The van der Waals surface area contributed by atoms with Crippen LogP contribution in [0.5, 0.6) is 0 Å².